The van der Waals surface area contributed by atoms with Gasteiger partial charge in [0.25, 0.3) is 0 Å². The molecule has 0 bridgehead atoms. The van der Waals surface area contributed by atoms with E-state index in [2.05, 4.69) is 10.3 Å². The van der Waals surface area contributed by atoms with E-state index in [1.54, 1.807) is 0 Å². The van der Waals surface area contributed by atoms with Crippen LogP contribution in [-0.2, 0) is 14.8 Å². The van der Waals surface area contributed by atoms with Crippen LogP contribution < -0.4 is 5.32 Å². The molecule has 0 saturated carbocycles. The lowest BCUT2D eigenvalue weighted by Gasteiger charge is -2.30. The van der Waals surface area contributed by atoms with E-state index < -0.39 is 26.6 Å². The molecule has 1 fully saturated rings. The maximum atomic E-state index is 13.8. The molecule has 0 spiro atoms. The van der Waals surface area contributed by atoms with E-state index in [0.29, 0.717) is 24.0 Å². The maximum absolute atomic E-state index is 13.8. The van der Waals surface area contributed by atoms with Crippen LogP contribution in [0.4, 0.5) is 13.9 Å². The highest BCUT2D eigenvalue weighted by Crippen LogP contribution is 2.27. The number of carbonyl (C=O) groups excluding carboxylic acids is 1. The molecule has 1 aliphatic rings. The Hall–Kier alpha value is -1.91. The third-order valence-electron chi connectivity index (χ3n) is 4.18. The van der Waals surface area contributed by atoms with Crippen LogP contribution in [0.15, 0.2) is 28.5 Å². The minimum Gasteiger partial charge on any atom is -0.302 e. The average molecular weight is 401 g/mol. The molecule has 140 valence electrons. The molecule has 2 heterocycles. The fraction of sp³-hybridized carbons (Fsp3) is 0.375. The summed E-state index contributed by atoms with van der Waals surface area (Å²) in [7, 11) is -4.14. The Morgan fingerprint density at radius 3 is 2.62 bits per heavy atom. The van der Waals surface area contributed by atoms with Gasteiger partial charge in [0.15, 0.2) is 5.13 Å². The largest absolute Gasteiger partial charge is 0.302 e. The predicted octanol–water partition coefficient (Wildman–Crippen LogP) is 2.77. The van der Waals surface area contributed by atoms with Gasteiger partial charge >= 0.3 is 0 Å². The van der Waals surface area contributed by atoms with E-state index in [1.165, 1.54) is 11.3 Å². The third-order valence-corrected chi connectivity index (χ3v) is 6.97. The van der Waals surface area contributed by atoms with E-state index in [9.17, 15) is 22.0 Å². The zero-order chi connectivity index (χ0) is 18.9. The molecular formula is C16H17F2N3O3S2. The van der Waals surface area contributed by atoms with Crippen LogP contribution in [-0.4, -0.2) is 36.7 Å². The van der Waals surface area contributed by atoms with Crippen LogP contribution in [0.2, 0.25) is 0 Å². The number of rotatable bonds is 4. The van der Waals surface area contributed by atoms with Crippen LogP contribution in [0.1, 0.15) is 18.5 Å². The molecule has 1 amide bonds. The number of nitrogens with one attached hydrogen (secondary N) is 1. The fourth-order valence-corrected chi connectivity index (χ4v) is 5.03. The summed E-state index contributed by atoms with van der Waals surface area (Å²) in [6.45, 7) is 1.95. The van der Waals surface area contributed by atoms with Gasteiger partial charge in [-0.3, -0.25) is 4.79 Å². The first kappa shape index (κ1) is 18.9. The summed E-state index contributed by atoms with van der Waals surface area (Å²) in [6, 6.07) is 2.33. The van der Waals surface area contributed by atoms with Crippen molar-refractivity contribution in [2.75, 3.05) is 18.4 Å². The highest BCUT2D eigenvalue weighted by atomic mass is 32.2. The van der Waals surface area contributed by atoms with Crippen molar-refractivity contribution in [3.63, 3.8) is 0 Å². The van der Waals surface area contributed by atoms with E-state index >= 15 is 0 Å². The van der Waals surface area contributed by atoms with Crippen molar-refractivity contribution >= 4 is 32.4 Å². The Bertz CT molecular complexity index is 923. The summed E-state index contributed by atoms with van der Waals surface area (Å²) >= 11 is 1.32. The number of amides is 1. The second-order valence-corrected chi connectivity index (χ2v) is 8.80. The number of nitrogens with zero attached hydrogens (tertiary/aromatic N) is 2. The van der Waals surface area contributed by atoms with Crippen LogP contribution >= 0.6 is 11.3 Å². The Morgan fingerprint density at radius 2 is 2.00 bits per heavy atom. The quantitative estimate of drug-likeness (QED) is 0.854. The van der Waals surface area contributed by atoms with Gasteiger partial charge in [0.05, 0.1) is 5.69 Å². The second kappa shape index (κ2) is 7.37. The first-order valence-electron chi connectivity index (χ1n) is 7.95. The number of aromatic nitrogens is 1. The van der Waals surface area contributed by atoms with Crippen LogP contribution in [0.25, 0.3) is 0 Å². The zero-order valence-corrected chi connectivity index (χ0v) is 15.5. The van der Waals surface area contributed by atoms with E-state index in [0.717, 1.165) is 22.1 Å². The molecule has 0 radical (unpaired) electrons. The molecule has 1 aromatic carbocycles. The number of hydrogen-bond acceptors (Lipinski definition) is 5. The number of thiazole rings is 1. The Labute approximate surface area is 153 Å². The Morgan fingerprint density at radius 1 is 1.31 bits per heavy atom. The van der Waals surface area contributed by atoms with E-state index in [-0.39, 0.29) is 24.9 Å². The van der Waals surface area contributed by atoms with Crippen molar-refractivity contribution in [1.82, 2.24) is 9.29 Å². The summed E-state index contributed by atoms with van der Waals surface area (Å²) in [5.41, 5.74) is 0.809. The number of piperidine rings is 1. The summed E-state index contributed by atoms with van der Waals surface area (Å²) in [6.07, 6.45) is 0.596. The monoisotopic (exact) mass is 401 g/mol. The first-order valence-corrected chi connectivity index (χ1v) is 10.3. The number of halogens is 2. The van der Waals surface area contributed by atoms with Crippen molar-refractivity contribution in [3.05, 3.63) is 40.9 Å². The molecule has 10 heteroatoms. The van der Waals surface area contributed by atoms with Crippen LogP contribution in [0.3, 0.4) is 0 Å². The van der Waals surface area contributed by atoms with Gasteiger partial charge in [0.1, 0.15) is 16.5 Å². The second-order valence-electron chi connectivity index (χ2n) is 6.04. The van der Waals surface area contributed by atoms with Gasteiger partial charge in [0.2, 0.25) is 15.9 Å². The van der Waals surface area contributed by atoms with Gasteiger partial charge in [-0.2, -0.15) is 4.31 Å². The van der Waals surface area contributed by atoms with Crippen LogP contribution in [0.5, 0.6) is 0 Å². The number of hydrogen-bond donors (Lipinski definition) is 1. The molecule has 0 unspecified atom stereocenters. The van der Waals surface area contributed by atoms with Gasteiger partial charge in [-0.25, -0.2) is 22.2 Å². The van der Waals surface area contributed by atoms with Crippen molar-refractivity contribution < 1.29 is 22.0 Å². The summed E-state index contributed by atoms with van der Waals surface area (Å²) in [5.74, 6) is -2.39. The molecule has 1 aromatic heterocycles. The molecule has 6 nitrogen and oxygen atoms in total. The maximum Gasteiger partial charge on any atom is 0.246 e. The Kier molecular flexibility index (Phi) is 5.35. The summed E-state index contributed by atoms with van der Waals surface area (Å²) < 4.78 is 53.3. The lowest BCUT2D eigenvalue weighted by atomic mass is 9.97. The standard InChI is InChI=1S/C16H17F2N3O3S2/c1-10-9-25-16(19-10)20-15(22)11-4-6-21(7-5-11)26(23,24)14-8-12(17)2-3-13(14)18/h2-3,8-9,11H,4-7H2,1H3,(H,19,20,22). The van der Waals surface area contributed by atoms with E-state index in [1.807, 2.05) is 12.3 Å². The van der Waals surface area contributed by atoms with Gasteiger partial charge < -0.3 is 5.32 Å². The minimum atomic E-state index is -4.14. The van der Waals surface area contributed by atoms with Crippen molar-refractivity contribution in [3.8, 4) is 0 Å². The van der Waals surface area contributed by atoms with Gasteiger partial charge in [0, 0.05) is 24.4 Å². The van der Waals surface area contributed by atoms with E-state index in [4.69, 9.17) is 0 Å². The smallest absolute Gasteiger partial charge is 0.246 e. The average Bonchev–Trinajstić information content (AvgIpc) is 3.02. The number of carbonyl (C=O) groups is 1. The lowest BCUT2D eigenvalue weighted by Crippen LogP contribution is -2.41. The highest BCUT2D eigenvalue weighted by Gasteiger charge is 2.34. The first-order chi connectivity index (χ1) is 12.3. The van der Waals surface area contributed by atoms with Crippen molar-refractivity contribution in [1.29, 1.82) is 0 Å². The molecule has 0 atom stereocenters. The summed E-state index contributed by atoms with van der Waals surface area (Å²) in [5, 5.41) is 5.05. The molecule has 26 heavy (non-hydrogen) atoms. The highest BCUT2D eigenvalue weighted by molar-refractivity contribution is 7.89. The van der Waals surface area contributed by atoms with Gasteiger partial charge in [-0.15, -0.1) is 11.3 Å². The van der Waals surface area contributed by atoms with Crippen molar-refractivity contribution in [2.24, 2.45) is 5.92 Å². The minimum absolute atomic E-state index is 0.0628. The molecular weight excluding hydrogens is 384 g/mol. The SMILES string of the molecule is Cc1csc(NC(=O)C2CCN(S(=O)(=O)c3cc(F)ccc3F)CC2)n1. The molecule has 1 N–H and O–H groups in total. The Balaban J connectivity index is 1.66. The molecule has 0 aliphatic carbocycles. The lowest BCUT2D eigenvalue weighted by molar-refractivity contribution is -0.120. The zero-order valence-electron chi connectivity index (χ0n) is 13.9. The molecule has 1 saturated heterocycles. The van der Waals surface area contributed by atoms with Gasteiger partial charge in [-0.1, -0.05) is 0 Å². The predicted molar refractivity (Wildman–Crippen MR) is 93.3 cm³/mol. The third kappa shape index (κ3) is 3.92. The van der Waals surface area contributed by atoms with Crippen LogP contribution in [0, 0.1) is 24.5 Å². The number of aryl methyl sites for hydroxylation is 1. The summed E-state index contributed by atoms with van der Waals surface area (Å²) in [4.78, 5) is 15.8. The number of anilines is 1. The number of benzene rings is 1. The normalized spacial score (nSPS) is 16.6. The van der Waals surface area contributed by atoms with Crippen molar-refractivity contribution in [2.45, 2.75) is 24.7 Å². The fourth-order valence-electron chi connectivity index (χ4n) is 2.79. The molecule has 1 aliphatic heterocycles. The van der Waals surface area contributed by atoms with Gasteiger partial charge in [-0.05, 0) is 38.0 Å². The molecule has 3 rings (SSSR count). The topological polar surface area (TPSA) is 79.4 Å². The molecule has 2 aromatic rings. The number of sulfonamides is 1.